The molecule has 1 aromatic carbocycles. The van der Waals surface area contributed by atoms with E-state index >= 15 is 0 Å². The van der Waals surface area contributed by atoms with Crippen molar-refractivity contribution < 1.29 is 14.3 Å². The van der Waals surface area contributed by atoms with Crippen molar-refractivity contribution in [3.63, 3.8) is 0 Å². The van der Waals surface area contributed by atoms with Crippen LogP contribution in [-0.2, 0) is 4.79 Å². The van der Waals surface area contributed by atoms with E-state index in [2.05, 4.69) is 10.6 Å². The Labute approximate surface area is 129 Å². The summed E-state index contributed by atoms with van der Waals surface area (Å²) in [6, 6.07) is 9.22. The van der Waals surface area contributed by atoms with E-state index in [1.807, 2.05) is 44.2 Å². The molecule has 1 aromatic rings. The van der Waals surface area contributed by atoms with Crippen LogP contribution in [0.1, 0.15) is 13.8 Å². The largest absolute Gasteiger partial charge is 0.480 e. The molecule has 3 amide bonds. The normalized spacial score (nSPS) is 20.3. The number of nitrogens with zero attached hydrogens (tertiary/aromatic N) is 1. The molecule has 6 nitrogen and oxygen atoms in total. The minimum absolute atomic E-state index is 0.0226. The maximum atomic E-state index is 12.7. The lowest BCUT2D eigenvalue weighted by molar-refractivity contribution is -0.148. The van der Waals surface area contributed by atoms with E-state index in [4.69, 9.17) is 4.74 Å². The van der Waals surface area contributed by atoms with Crippen molar-refractivity contribution in [2.45, 2.75) is 25.5 Å². The van der Waals surface area contributed by atoms with Crippen LogP contribution in [-0.4, -0.2) is 48.1 Å². The van der Waals surface area contributed by atoms with Crippen LogP contribution in [0.4, 0.5) is 4.79 Å². The predicted molar refractivity (Wildman–Crippen MR) is 81.5 cm³/mol. The Kier molecular flexibility index (Phi) is 3.68. The quantitative estimate of drug-likeness (QED) is 0.871. The van der Waals surface area contributed by atoms with E-state index in [-0.39, 0.29) is 23.4 Å². The average molecular weight is 303 g/mol. The third-order valence-corrected chi connectivity index (χ3v) is 4.12. The van der Waals surface area contributed by atoms with Gasteiger partial charge in [0.2, 0.25) is 0 Å². The van der Waals surface area contributed by atoms with Crippen molar-refractivity contribution in [2.75, 3.05) is 19.6 Å². The number of rotatable bonds is 4. The Bertz CT molecular complexity index is 567. The van der Waals surface area contributed by atoms with Crippen molar-refractivity contribution in [1.29, 1.82) is 0 Å². The van der Waals surface area contributed by atoms with Crippen LogP contribution in [0.3, 0.4) is 0 Å². The molecule has 1 atom stereocenters. The predicted octanol–water partition coefficient (Wildman–Crippen LogP) is 0.984. The maximum absolute atomic E-state index is 12.7. The summed E-state index contributed by atoms with van der Waals surface area (Å²) in [4.78, 5) is 25.7. The highest BCUT2D eigenvalue weighted by molar-refractivity contribution is 5.84. The molecule has 22 heavy (non-hydrogen) atoms. The summed E-state index contributed by atoms with van der Waals surface area (Å²) in [5.74, 6) is 0.742. The average Bonchev–Trinajstić information content (AvgIpc) is 2.86. The number of urea groups is 1. The van der Waals surface area contributed by atoms with E-state index in [9.17, 15) is 9.59 Å². The van der Waals surface area contributed by atoms with E-state index < -0.39 is 6.10 Å². The molecule has 3 rings (SSSR count). The van der Waals surface area contributed by atoms with Crippen LogP contribution < -0.4 is 15.4 Å². The summed E-state index contributed by atoms with van der Waals surface area (Å²) >= 11 is 0. The van der Waals surface area contributed by atoms with E-state index in [1.54, 1.807) is 4.90 Å². The highest BCUT2D eigenvalue weighted by Gasteiger charge is 2.51. The van der Waals surface area contributed by atoms with Gasteiger partial charge < -0.3 is 20.3 Å². The fourth-order valence-corrected chi connectivity index (χ4v) is 2.91. The standard InChI is InChI=1S/C16H21N3O3/c1-11(2)13(22-12-6-4-3-5-7-12)14(20)19-9-16(10-19)8-17-15(21)18-16/h3-7,11,13H,8-10H2,1-2H3,(H2,17,18,21)/t13-/m1/s1. The molecule has 2 fully saturated rings. The van der Waals surface area contributed by atoms with Gasteiger partial charge in [-0.25, -0.2) is 4.79 Å². The monoisotopic (exact) mass is 303 g/mol. The van der Waals surface area contributed by atoms with Gasteiger partial charge in [-0.05, 0) is 18.1 Å². The minimum Gasteiger partial charge on any atom is -0.480 e. The minimum atomic E-state index is -0.509. The first-order chi connectivity index (χ1) is 10.5. The molecule has 0 unspecified atom stereocenters. The number of amides is 3. The Balaban J connectivity index is 1.63. The summed E-state index contributed by atoms with van der Waals surface area (Å²) < 4.78 is 5.87. The van der Waals surface area contributed by atoms with Crippen LogP contribution in [0.2, 0.25) is 0 Å². The number of carbonyl (C=O) groups excluding carboxylic acids is 2. The van der Waals surface area contributed by atoms with Crippen molar-refractivity contribution in [3.05, 3.63) is 30.3 Å². The van der Waals surface area contributed by atoms with Gasteiger partial charge in [0.15, 0.2) is 6.10 Å². The summed E-state index contributed by atoms with van der Waals surface area (Å²) in [5, 5.41) is 5.63. The number of likely N-dealkylation sites (tertiary alicyclic amines) is 1. The first-order valence-electron chi connectivity index (χ1n) is 7.56. The highest BCUT2D eigenvalue weighted by atomic mass is 16.5. The van der Waals surface area contributed by atoms with Gasteiger partial charge in [0.1, 0.15) is 5.75 Å². The second-order valence-electron chi connectivity index (χ2n) is 6.38. The molecule has 118 valence electrons. The zero-order valence-corrected chi connectivity index (χ0v) is 12.8. The van der Waals surface area contributed by atoms with Gasteiger partial charge in [0, 0.05) is 19.6 Å². The lowest BCUT2D eigenvalue weighted by Crippen LogP contribution is -2.71. The third-order valence-electron chi connectivity index (χ3n) is 4.12. The molecule has 2 aliphatic rings. The lowest BCUT2D eigenvalue weighted by atomic mass is 9.89. The molecule has 2 aliphatic heterocycles. The van der Waals surface area contributed by atoms with Crippen LogP contribution in [0.25, 0.3) is 0 Å². The fourth-order valence-electron chi connectivity index (χ4n) is 2.91. The summed E-state index contributed by atoms with van der Waals surface area (Å²) in [7, 11) is 0. The molecule has 2 saturated heterocycles. The SMILES string of the molecule is CC(C)[C@@H](Oc1ccccc1)C(=O)N1CC2(CNC(=O)N2)C1. The zero-order chi connectivity index (χ0) is 15.7. The molecular formula is C16H21N3O3. The molecule has 0 radical (unpaired) electrons. The lowest BCUT2D eigenvalue weighted by Gasteiger charge is -2.48. The summed E-state index contributed by atoms with van der Waals surface area (Å²) in [6.45, 7) is 5.58. The van der Waals surface area contributed by atoms with Crippen molar-refractivity contribution in [3.8, 4) is 5.75 Å². The Morgan fingerprint density at radius 3 is 2.50 bits per heavy atom. The Hall–Kier alpha value is -2.24. The van der Waals surface area contributed by atoms with Gasteiger partial charge in [-0.1, -0.05) is 32.0 Å². The van der Waals surface area contributed by atoms with Gasteiger partial charge in [-0.2, -0.15) is 0 Å². The number of carbonyl (C=O) groups is 2. The first-order valence-corrected chi connectivity index (χ1v) is 7.56. The van der Waals surface area contributed by atoms with Crippen LogP contribution in [0.5, 0.6) is 5.75 Å². The molecule has 0 aromatic heterocycles. The van der Waals surface area contributed by atoms with Gasteiger partial charge in [-0.3, -0.25) is 4.79 Å². The van der Waals surface area contributed by atoms with Crippen molar-refractivity contribution in [1.82, 2.24) is 15.5 Å². The topological polar surface area (TPSA) is 70.7 Å². The van der Waals surface area contributed by atoms with E-state index in [0.29, 0.717) is 25.4 Å². The molecule has 2 N–H and O–H groups in total. The van der Waals surface area contributed by atoms with Crippen LogP contribution >= 0.6 is 0 Å². The molecular weight excluding hydrogens is 282 g/mol. The molecule has 6 heteroatoms. The summed E-state index contributed by atoms with van der Waals surface area (Å²) in [5.41, 5.74) is -0.291. The summed E-state index contributed by atoms with van der Waals surface area (Å²) in [6.07, 6.45) is -0.509. The second-order valence-corrected chi connectivity index (χ2v) is 6.38. The Morgan fingerprint density at radius 2 is 1.95 bits per heavy atom. The van der Waals surface area contributed by atoms with Gasteiger partial charge in [0.05, 0.1) is 5.54 Å². The highest BCUT2D eigenvalue weighted by Crippen LogP contribution is 2.26. The zero-order valence-electron chi connectivity index (χ0n) is 12.8. The number of hydrogen-bond donors (Lipinski definition) is 2. The maximum Gasteiger partial charge on any atom is 0.315 e. The second kappa shape index (κ2) is 5.51. The molecule has 0 bridgehead atoms. The molecule has 0 aliphatic carbocycles. The molecule has 2 heterocycles. The number of benzene rings is 1. The Morgan fingerprint density at radius 1 is 1.27 bits per heavy atom. The fraction of sp³-hybridized carbons (Fsp3) is 0.500. The third kappa shape index (κ3) is 2.73. The number of hydrogen-bond acceptors (Lipinski definition) is 3. The van der Waals surface area contributed by atoms with Crippen molar-refractivity contribution >= 4 is 11.9 Å². The number of para-hydroxylation sites is 1. The van der Waals surface area contributed by atoms with E-state index in [1.165, 1.54) is 0 Å². The first kappa shape index (κ1) is 14.7. The number of ether oxygens (including phenoxy) is 1. The van der Waals surface area contributed by atoms with E-state index in [0.717, 1.165) is 0 Å². The van der Waals surface area contributed by atoms with Crippen LogP contribution in [0, 0.1) is 5.92 Å². The molecule has 0 saturated carbocycles. The van der Waals surface area contributed by atoms with Gasteiger partial charge >= 0.3 is 6.03 Å². The number of nitrogens with one attached hydrogen (secondary N) is 2. The van der Waals surface area contributed by atoms with Crippen molar-refractivity contribution in [2.24, 2.45) is 5.92 Å². The van der Waals surface area contributed by atoms with Gasteiger partial charge in [-0.15, -0.1) is 0 Å². The van der Waals surface area contributed by atoms with Gasteiger partial charge in [0.25, 0.3) is 5.91 Å². The van der Waals surface area contributed by atoms with Crippen LogP contribution in [0.15, 0.2) is 30.3 Å². The molecule has 1 spiro atoms. The smallest absolute Gasteiger partial charge is 0.315 e.